The van der Waals surface area contributed by atoms with E-state index in [1.54, 1.807) is 13.2 Å². The van der Waals surface area contributed by atoms with Gasteiger partial charge in [0.2, 0.25) is 0 Å². The van der Waals surface area contributed by atoms with Gasteiger partial charge in [0.15, 0.2) is 0 Å². The molecule has 15 heavy (non-hydrogen) atoms. The van der Waals surface area contributed by atoms with Crippen LogP contribution in [0.1, 0.15) is 37.7 Å². The van der Waals surface area contributed by atoms with Crippen molar-refractivity contribution in [2.45, 2.75) is 38.4 Å². The monoisotopic (exact) mass is 248 g/mol. The van der Waals surface area contributed by atoms with Gasteiger partial charge in [-0.2, -0.15) is 0 Å². The number of hydrogen-bond acceptors (Lipinski definition) is 3. The number of ether oxygens (including phenoxy) is 1. The molecule has 1 heterocycles. The molecule has 0 amide bonds. The molecule has 1 aromatic rings. The highest BCUT2D eigenvalue weighted by Crippen LogP contribution is 2.40. The smallest absolute Gasteiger partial charge is 0.118 e. The molecule has 0 aliphatic carbocycles. The van der Waals surface area contributed by atoms with Crippen LogP contribution in [-0.2, 0) is 4.74 Å². The molecule has 0 aromatic carbocycles. The van der Waals surface area contributed by atoms with E-state index in [1.807, 2.05) is 19.2 Å². The predicted octanol–water partition coefficient (Wildman–Crippen LogP) is 3.64. The van der Waals surface area contributed by atoms with E-state index < -0.39 is 11.7 Å². The van der Waals surface area contributed by atoms with Crippen LogP contribution in [0.4, 0.5) is 0 Å². The van der Waals surface area contributed by atoms with Crippen LogP contribution in [0.5, 0.6) is 0 Å². The molecule has 0 fully saturated rings. The summed E-state index contributed by atoms with van der Waals surface area (Å²) in [6.45, 7) is 4.02. The largest absolute Gasteiger partial charge is 0.384 e. The van der Waals surface area contributed by atoms with E-state index in [1.165, 1.54) is 11.3 Å². The number of thiophene rings is 1. The fraction of sp³-hybridized carbons (Fsp3) is 0.636. The van der Waals surface area contributed by atoms with Crippen LogP contribution in [0.2, 0.25) is 5.02 Å². The van der Waals surface area contributed by atoms with Gasteiger partial charge < -0.3 is 9.84 Å². The summed E-state index contributed by atoms with van der Waals surface area (Å²) in [5, 5.41) is 12.8. The maximum Gasteiger partial charge on any atom is 0.118 e. The third-order valence-corrected chi connectivity index (χ3v) is 4.41. The average Bonchev–Trinajstić information content (AvgIpc) is 2.67. The van der Waals surface area contributed by atoms with Crippen LogP contribution >= 0.6 is 22.9 Å². The van der Waals surface area contributed by atoms with Crippen LogP contribution in [-0.4, -0.2) is 17.8 Å². The first-order valence-electron chi connectivity index (χ1n) is 5.07. The SMILES string of the molecule is CCC(CC)(OC)C(O)c1sccc1Cl. The van der Waals surface area contributed by atoms with E-state index in [0.717, 1.165) is 17.7 Å². The van der Waals surface area contributed by atoms with Crippen molar-refractivity contribution in [1.29, 1.82) is 0 Å². The average molecular weight is 249 g/mol. The van der Waals surface area contributed by atoms with Crippen molar-refractivity contribution < 1.29 is 9.84 Å². The molecule has 2 nitrogen and oxygen atoms in total. The minimum Gasteiger partial charge on any atom is -0.384 e. The van der Waals surface area contributed by atoms with Gasteiger partial charge in [-0.25, -0.2) is 0 Å². The van der Waals surface area contributed by atoms with Gasteiger partial charge in [0.05, 0.1) is 15.5 Å². The van der Waals surface area contributed by atoms with E-state index in [-0.39, 0.29) is 0 Å². The molecule has 1 atom stereocenters. The third kappa shape index (κ3) is 2.36. The summed E-state index contributed by atoms with van der Waals surface area (Å²) in [7, 11) is 1.64. The quantitative estimate of drug-likeness (QED) is 0.862. The summed E-state index contributed by atoms with van der Waals surface area (Å²) < 4.78 is 5.47. The lowest BCUT2D eigenvalue weighted by molar-refractivity contribution is -0.108. The number of methoxy groups -OCH3 is 1. The Morgan fingerprint density at radius 3 is 2.47 bits per heavy atom. The van der Waals surface area contributed by atoms with Crippen LogP contribution < -0.4 is 0 Å². The summed E-state index contributed by atoms with van der Waals surface area (Å²) in [6.07, 6.45) is 0.870. The van der Waals surface area contributed by atoms with Crippen LogP contribution in [0.25, 0.3) is 0 Å². The van der Waals surface area contributed by atoms with Gasteiger partial charge in [0.25, 0.3) is 0 Å². The van der Waals surface area contributed by atoms with Gasteiger partial charge in [-0.1, -0.05) is 25.4 Å². The van der Waals surface area contributed by atoms with Crippen molar-refractivity contribution in [3.8, 4) is 0 Å². The summed E-state index contributed by atoms with van der Waals surface area (Å²) in [4.78, 5) is 0.794. The fourth-order valence-corrected chi connectivity index (χ4v) is 3.03. The second kappa shape index (κ2) is 5.30. The van der Waals surface area contributed by atoms with Gasteiger partial charge in [-0.15, -0.1) is 11.3 Å². The zero-order valence-corrected chi connectivity index (χ0v) is 10.9. The van der Waals surface area contributed by atoms with Gasteiger partial charge in [-0.3, -0.25) is 0 Å². The van der Waals surface area contributed by atoms with Crippen molar-refractivity contribution in [3.63, 3.8) is 0 Å². The van der Waals surface area contributed by atoms with E-state index >= 15 is 0 Å². The van der Waals surface area contributed by atoms with Gasteiger partial charge in [0, 0.05) is 7.11 Å². The molecule has 4 heteroatoms. The van der Waals surface area contributed by atoms with E-state index in [4.69, 9.17) is 16.3 Å². The van der Waals surface area contributed by atoms with Crippen molar-refractivity contribution >= 4 is 22.9 Å². The van der Waals surface area contributed by atoms with Crippen LogP contribution in [0, 0.1) is 0 Å². The zero-order valence-electron chi connectivity index (χ0n) is 9.29. The second-order valence-electron chi connectivity index (χ2n) is 3.51. The molecule has 0 saturated heterocycles. The second-order valence-corrected chi connectivity index (χ2v) is 4.87. The molecule has 1 unspecified atom stereocenters. The van der Waals surface area contributed by atoms with E-state index in [9.17, 15) is 5.11 Å². The van der Waals surface area contributed by atoms with E-state index in [2.05, 4.69) is 0 Å². The third-order valence-electron chi connectivity index (χ3n) is 2.99. The maximum absolute atomic E-state index is 10.3. The summed E-state index contributed by atoms with van der Waals surface area (Å²) >= 11 is 7.48. The predicted molar refractivity (Wildman–Crippen MR) is 64.6 cm³/mol. The molecule has 1 aromatic heterocycles. The summed E-state index contributed by atoms with van der Waals surface area (Å²) in [6, 6.07) is 1.80. The minimum absolute atomic E-state index is 0.519. The lowest BCUT2D eigenvalue weighted by Gasteiger charge is -2.34. The topological polar surface area (TPSA) is 29.5 Å². The molecular weight excluding hydrogens is 232 g/mol. The number of halogens is 1. The van der Waals surface area contributed by atoms with E-state index in [0.29, 0.717) is 5.02 Å². The molecule has 0 saturated carbocycles. The van der Waals surface area contributed by atoms with Gasteiger partial charge >= 0.3 is 0 Å². The molecule has 0 bridgehead atoms. The molecule has 0 spiro atoms. The number of rotatable bonds is 5. The zero-order chi connectivity index (χ0) is 11.5. The lowest BCUT2D eigenvalue weighted by atomic mass is 9.89. The molecule has 86 valence electrons. The lowest BCUT2D eigenvalue weighted by Crippen LogP contribution is -2.37. The Labute approximate surface area is 99.8 Å². The number of hydrogen-bond donors (Lipinski definition) is 1. The first-order chi connectivity index (χ1) is 7.11. The van der Waals surface area contributed by atoms with Gasteiger partial charge in [0.1, 0.15) is 6.10 Å². The Kier molecular flexibility index (Phi) is 4.59. The molecule has 1 N–H and O–H groups in total. The van der Waals surface area contributed by atoms with Gasteiger partial charge in [-0.05, 0) is 24.3 Å². The first kappa shape index (κ1) is 13.0. The highest BCUT2D eigenvalue weighted by atomic mass is 35.5. The summed E-state index contributed by atoms with van der Waals surface area (Å²) in [5.74, 6) is 0. The molecule has 1 rings (SSSR count). The molecule has 0 aliphatic heterocycles. The molecular formula is C11H17ClO2S. The molecule has 0 radical (unpaired) electrons. The molecule has 0 aliphatic rings. The fourth-order valence-electron chi connectivity index (χ4n) is 1.78. The Morgan fingerprint density at radius 1 is 1.53 bits per heavy atom. The van der Waals surface area contributed by atoms with Crippen molar-refractivity contribution in [1.82, 2.24) is 0 Å². The highest BCUT2D eigenvalue weighted by molar-refractivity contribution is 7.10. The Hall–Kier alpha value is -0.0900. The summed E-state index contributed by atoms with van der Waals surface area (Å²) in [5.41, 5.74) is -0.519. The number of aliphatic hydroxyl groups is 1. The Bertz CT molecular complexity index is 299. The van der Waals surface area contributed by atoms with Crippen molar-refractivity contribution in [2.75, 3.05) is 7.11 Å². The number of aliphatic hydroxyl groups excluding tert-OH is 1. The van der Waals surface area contributed by atoms with Crippen molar-refractivity contribution in [2.24, 2.45) is 0 Å². The van der Waals surface area contributed by atoms with Crippen molar-refractivity contribution in [3.05, 3.63) is 21.3 Å². The maximum atomic E-state index is 10.3. The Morgan fingerprint density at radius 2 is 2.13 bits per heavy atom. The first-order valence-corrected chi connectivity index (χ1v) is 6.33. The highest BCUT2D eigenvalue weighted by Gasteiger charge is 2.37. The Balaban J connectivity index is 3.00. The van der Waals surface area contributed by atoms with Crippen LogP contribution in [0.15, 0.2) is 11.4 Å². The van der Waals surface area contributed by atoms with Crippen LogP contribution in [0.3, 0.4) is 0 Å². The normalized spacial score (nSPS) is 14.2. The standard InChI is InChI=1S/C11H17ClO2S/c1-4-11(5-2,14-3)10(13)9-8(12)6-7-15-9/h6-7,10,13H,4-5H2,1-3H3. The minimum atomic E-state index is -0.648.